The molecule has 0 radical (unpaired) electrons. The van der Waals surface area contributed by atoms with Crippen molar-refractivity contribution in [3.8, 4) is 0 Å². The molecular formula is C17H17N3O3S. The minimum absolute atomic E-state index is 0.234. The fourth-order valence-electron chi connectivity index (χ4n) is 2.48. The number of benzene rings is 2. The van der Waals surface area contributed by atoms with Crippen LogP contribution in [0.15, 0.2) is 48.5 Å². The molecule has 0 unspecified atom stereocenters. The number of primary sulfonamides is 1. The van der Waals surface area contributed by atoms with Crippen molar-refractivity contribution in [1.82, 2.24) is 4.98 Å². The van der Waals surface area contributed by atoms with Crippen LogP contribution in [-0.2, 0) is 15.8 Å². The number of nitrogens with one attached hydrogen (secondary N) is 2. The number of rotatable bonds is 4. The van der Waals surface area contributed by atoms with E-state index in [2.05, 4.69) is 10.3 Å². The van der Waals surface area contributed by atoms with Gasteiger partial charge in [0.25, 0.3) is 5.91 Å². The molecular weight excluding hydrogens is 326 g/mol. The first-order valence-electron chi connectivity index (χ1n) is 7.30. The average Bonchev–Trinajstić information content (AvgIpc) is 2.91. The van der Waals surface area contributed by atoms with E-state index in [1.54, 1.807) is 30.3 Å². The molecule has 0 atom stereocenters. The maximum absolute atomic E-state index is 12.3. The number of amides is 1. The van der Waals surface area contributed by atoms with Crippen molar-refractivity contribution in [2.75, 3.05) is 5.32 Å². The zero-order chi connectivity index (χ0) is 17.3. The Hall–Kier alpha value is -2.64. The maximum atomic E-state index is 12.3. The van der Waals surface area contributed by atoms with E-state index in [1.165, 1.54) is 0 Å². The van der Waals surface area contributed by atoms with Crippen LogP contribution in [-0.4, -0.2) is 19.3 Å². The standard InChI is InChI=1S/C17H17N3O3S/c1-11-2-5-13-9-16(20-15(13)8-11)17(21)19-14-6-3-12(4-7-14)10-24(18,22)23/h2-9,20H,10H2,1H3,(H,19,21)(H2,18,22,23). The highest BCUT2D eigenvalue weighted by Crippen LogP contribution is 2.18. The summed E-state index contributed by atoms with van der Waals surface area (Å²) >= 11 is 0. The molecule has 3 aromatic rings. The van der Waals surface area contributed by atoms with Crippen LogP contribution in [0, 0.1) is 6.92 Å². The smallest absolute Gasteiger partial charge is 0.272 e. The Morgan fingerprint density at radius 2 is 1.83 bits per heavy atom. The molecule has 7 heteroatoms. The van der Waals surface area contributed by atoms with Crippen molar-refractivity contribution in [2.45, 2.75) is 12.7 Å². The second-order valence-corrected chi connectivity index (χ2v) is 7.35. The van der Waals surface area contributed by atoms with E-state index in [1.807, 2.05) is 25.1 Å². The SMILES string of the molecule is Cc1ccc2cc(C(=O)Nc3ccc(CS(N)(=O)=O)cc3)[nH]c2c1. The Bertz CT molecular complexity index is 1010. The molecule has 0 aliphatic heterocycles. The van der Waals surface area contributed by atoms with Crippen molar-refractivity contribution >= 4 is 32.5 Å². The number of hydrogen-bond donors (Lipinski definition) is 3. The van der Waals surface area contributed by atoms with E-state index < -0.39 is 10.0 Å². The van der Waals surface area contributed by atoms with Crippen molar-refractivity contribution in [2.24, 2.45) is 5.14 Å². The van der Waals surface area contributed by atoms with Crippen LogP contribution in [0.1, 0.15) is 21.6 Å². The van der Waals surface area contributed by atoms with Crippen LogP contribution >= 0.6 is 0 Å². The van der Waals surface area contributed by atoms with Crippen molar-refractivity contribution in [3.63, 3.8) is 0 Å². The molecule has 0 spiro atoms. The minimum atomic E-state index is -3.57. The molecule has 1 heterocycles. The van der Waals surface area contributed by atoms with E-state index in [9.17, 15) is 13.2 Å². The number of carbonyl (C=O) groups is 1. The monoisotopic (exact) mass is 343 g/mol. The number of nitrogens with two attached hydrogens (primary N) is 1. The van der Waals surface area contributed by atoms with Crippen LogP contribution in [0.5, 0.6) is 0 Å². The average molecular weight is 343 g/mol. The molecule has 24 heavy (non-hydrogen) atoms. The first kappa shape index (κ1) is 16.2. The van der Waals surface area contributed by atoms with Crippen LogP contribution in [0.4, 0.5) is 5.69 Å². The lowest BCUT2D eigenvalue weighted by Crippen LogP contribution is -2.15. The van der Waals surface area contributed by atoms with Crippen LogP contribution in [0.2, 0.25) is 0 Å². The van der Waals surface area contributed by atoms with E-state index in [0.717, 1.165) is 16.5 Å². The topological polar surface area (TPSA) is 105 Å². The summed E-state index contributed by atoms with van der Waals surface area (Å²) in [5.41, 5.74) is 3.62. The van der Waals surface area contributed by atoms with Gasteiger partial charge in [-0.2, -0.15) is 0 Å². The quantitative estimate of drug-likeness (QED) is 0.678. The Balaban J connectivity index is 1.76. The van der Waals surface area contributed by atoms with Gasteiger partial charge >= 0.3 is 0 Å². The molecule has 124 valence electrons. The number of anilines is 1. The lowest BCUT2D eigenvalue weighted by molar-refractivity contribution is 0.102. The van der Waals surface area contributed by atoms with Crippen LogP contribution < -0.4 is 10.5 Å². The van der Waals surface area contributed by atoms with E-state index in [0.29, 0.717) is 16.9 Å². The lowest BCUT2D eigenvalue weighted by Gasteiger charge is -2.05. The number of aromatic nitrogens is 1. The first-order valence-corrected chi connectivity index (χ1v) is 9.02. The largest absolute Gasteiger partial charge is 0.351 e. The number of aromatic amines is 1. The van der Waals surface area contributed by atoms with Crippen LogP contribution in [0.3, 0.4) is 0 Å². The fourth-order valence-corrected chi connectivity index (χ4v) is 3.14. The zero-order valence-corrected chi connectivity index (χ0v) is 13.9. The lowest BCUT2D eigenvalue weighted by atomic mass is 10.2. The fraction of sp³-hybridized carbons (Fsp3) is 0.118. The third-order valence-electron chi connectivity index (χ3n) is 3.60. The Morgan fingerprint density at radius 3 is 2.50 bits per heavy atom. The summed E-state index contributed by atoms with van der Waals surface area (Å²) in [6.45, 7) is 1.99. The van der Waals surface area contributed by atoms with Crippen molar-refractivity contribution in [1.29, 1.82) is 0 Å². The Labute approximate surface area is 139 Å². The molecule has 0 saturated carbocycles. The summed E-state index contributed by atoms with van der Waals surface area (Å²) in [5.74, 6) is -0.495. The molecule has 4 N–H and O–H groups in total. The van der Waals surface area contributed by atoms with Gasteiger partial charge in [0.05, 0.1) is 5.75 Å². The normalized spacial score (nSPS) is 11.6. The number of hydrogen-bond acceptors (Lipinski definition) is 3. The molecule has 2 aromatic carbocycles. The second kappa shape index (κ2) is 6.10. The third kappa shape index (κ3) is 3.81. The summed E-state index contributed by atoms with van der Waals surface area (Å²) in [5, 5.41) is 8.75. The number of sulfonamides is 1. The summed E-state index contributed by atoms with van der Waals surface area (Å²) < 4.78 is 22.1. The zero-order valence-electron chi connectivity index (χ0n) is 13.0. The van der Waals surface area contributed by atoms with Gasteiger partial charge in [-0.25, -0.2) is 13.6 Å². The second-order valence-electron chi connectivity index (χ2n) is 5.73. The summed E-state index contributed by atoms with van der Waals surface area (Å²) in [6.07, 6.45) is 0. The molecule has 3 rings (SSSR count). The minimum Gasteiger partial charge on any atom is -0.351 e. The van der Waals surface area contributed by atoms with Crippen molar-refractivity contribution < 1.29 is 13.2 Å². The molecule has 1 amide bonds. The number of H-pyrrole nitrogens is 1. The highest BCUT2D eigenvalue weighted by Gasteiger charge is 2.10. The molecule has 0 aliphatic rings. The maximum Gasteiger partial charge on any atom is 0.272 e. The molecule has 0 saturated heterocycles. The van der Waals surface area contributed by atoms with E-state index >= 15 is 0 Å². The van der Waals surface area contributed by atoms with Gasteiger partial charge in [-0.3, -0.25) is 4.79 Å². The van der Waals surface area contributed by atoms with Gasteiger partial charge in [0.2, 0.25) is 10.0 Å². The van der Waals surface area contributed by atoms with Gasteiger partial charge in [-0.05, 0) is 42.3 Å². The summed E-state index contributed by atoms with van der Waals surface area (Å²) in [6, 6.07) is 14.2. The summed E-state index contributed by atoms with van der Waals surface area (Å²) in [4.78, 5) is 15.4. The van der Waals surface area contributed by atoms with E-state index in [-0.39, 0.29) is 11.7 Å². The first-order chi connectivity index (χ1) is 11.3. The molecule has 0 bridgehead atoms. The number of aryl methyl sites for hydroxylation is 1. The predicted octanol–water partition coefficient (Wildman–Crippen LogP) is 2.52. The number of fused-ring (bicyclic) bond motifs is 1. The highest BCUT2D eigenvalue weighted by molar-refractivity contribution is 7.88. The summed E-state index contributed by atoms with van der Waals surface area (Å²) in [7, 11) is -3.57. The third-order valence-corrected chi connectivity index (χ3v) is 4.34. The van der Waals surface area contributed by atoms with Gasteiger partial charge in [-0.15, -0.1) is 0 Å². The molecule has 0 aliphatic carbocycles. The Kier molecular flexibility index (Phi) is 4.13. The van der Waals surface area contributed by atoms with Gasteiger partial charge < -0.3 is 10.3 Å². The van der Waals surface area contributed by atoms with Crippen molar-refractivity contribution in [3.05, 3.63) is 65.4 Å². The van der Waals surface area contributed by atoms with Gasteiger partial charge in [0.15, 0.2) is 0 Å². The van der Waals surface area contributed by atoms with Gasteiger partial charge in [0.1, 0.15) is 5.69 Å². The molecule has 6 nitrogen and oxygen atoms in total. The van der Waals surface area contributed by atoms with Gasteiger partial charge in [0, 0.05) is 16.6 Å². The Morgan fingerprint density at radius 1 is 1.12 bits per heavy atom. The molecule has 0 fully saturated rings. The van der Waals surface area contributed by atoms with Gasteiger partial charge in [-0.1, -0.05) is 24.3 Å². The van der Waals surface area contributed by atoms with E-state index in [4.69, 9.17) is 5.14 Å². The van der Waals surface area contributed by atoms with Crippen LogP contribution in [0.25, 0.3) is 10.9 Å². The number of carbonyl (C=O) groups excluding carboxylic acids is 1. The predicted molar refractivity (Wildman–Crippen MR) is 94.2 cm³/mol. The highest BCUT2D eigenvalue weighted by atomic mass is 32.2. The molecule has 1 aromatic heterocycles.